The molecule has 0 aliphatic rings. The topological polar surface area (TPSA) is 43.4 Å². The van der Waals surface area contributed by atoms with Crippen molar-refractivity contribution in [3.63, 3.8) is 0 Å². The van der Waals surface area contributed by atoms with E-state index < -0.39 is 5.97 Å². The van der Waals surface area contributed by atoms with Gasteiger partial charge in [0, 0.05) is 16.3 Å². The molecule has 0 fully saturated rings. The number of ketones is 1. The molecule has 23 heavy (non-hydrogen) atoms. The molecule has 0 spiro atoms. The van der Waals surface area contributed by atoms with Gasteiger partial charge >= 0.3 is 5.97 Å². The number of rotatable bonds is 8. The molecular formula is C18H19ClO3S. The van der Waals surface area contributed by atoms with Crippen molar-refractivity contribution in [3.8, 4) is 0 Å². The lowest BCUT2D eigenvalue weighted by Gasteiger charge is -2.05. The highest BCUT2D eigenvalue weighted by Gasteiger charge is 2.19. The molecule has 0 saturated heterocycles. The van der Waals surface area contributed by atoms with Gasteiger partial charge in [0.25, 0.3) is 0 Å². The number of carbonyl (C=O) groups is 2. The maximum Gasteiger partial charge on any atom is 0.338 e. The number of thiophene rings is 1. The molecular weight excluding hydrogens is 332 g/mol. The van der Waals surface area contributed by atoms with Crippen LogP contribution in [0, 0.1) is 0 Å². The summed E-state index contributed by atoms with van der Waals surface area (Å²) in [6.07, 6.45) is 4.13. The van der Waals surface area contributed by atoms with Gasteiger partial charge in [0.15, 0.2) is 0 Å². The Kier molecular flexibility index (Phi) is 6.81. The quantitative estimate of drug-likeness (QED) is 0.299. The Morgan fingerprint density at radius 2 is 1.78 bits per heavy atom. The fourth-order valence-electron chi connectivity index (χ4n) is 2.31. The first-order valence-electron chi connectivity index (χ1n) is 7.54. The third-order valence-electron chi connectivity index (χ3n) is 3.52. The van der Waals surface area contributed by atoms with E-state index in [0.717, 1.165) is 25.7 Å². The fourth-order valence-corrected chi connectivity index (χ4v) is 3.50. The number of aryl methyl sites for hydroxylation is 1. The maximum atomic E-state index is 12.7. The van der Waals surface area contributed by atoms with E-state index >= 15 is 0 Å². The Labute approximate surface area is 145 Å². The highest BCUT2D eigenvalue weighted by Crippen LogP contribution is 2.23. The molecule has 0 bridgehead atoms. The van der Waals surface area contributed by atoms with Crippen molar-refractivity contribution in [1.29, 1.82) is 0 Å². The monoisotopic (exact) mass is 350 g/mol. The minimum absolute atomic E-state index is 0.136. The number of ether oxygens (including phenoxy) is 1. The standard InChI is InChI=1S/C18H19ClO3S/c1-22-18(21)15-9-5-4-8-14(15)17(20)16-11-10-13(23-16)7-3-2-6-12-19/h4-5,8-11H,2-3,6-7,12H2,1H3. The minimum atomic E-state index is -0.494. The molecule has 0 radical (unpaired) electrons. The number of unbranched alkanes of at least 4 members (excludes halogenated alkanes) is 2. The summed E-state index contributed by atoms with van der Waals surface area (Å²) in [7, 11) is 1.31. The molecule has 0 aliphatic heterocycles. The molecule has 3 nitrogen and oxygen atoms in total. The van der Waals surface area contributed by atoms with E-state index in [2.05, 4.69) is 0 Å². The Balaban J connectivity index is 2.12. The summed E-state index contributed by atoms with van der Waals surface area (Å²) < 4.78 is 4.75. The Morgan fingerprint density at radius 1 is 1.04 bits per heavy atom. The van der Waals surface area contributed by atoms with E-state index in [-0.39, 0.29) is 5.78 Å². The zero-order valence-electron chi connectivity index (χ0n) is 13.0. The molecule has 1 aromatic carbocycles. The Bertz CT molecular complexity index is 678. The summed E-state index contributed by atoms with van der Waals surface area (Å²) >= 11 is 7.16. The van der Waals surface area contributed by atoms with Gasteiger partial charge < -0.3 is 4.74 Å². The number of alkyl halides is 1. The molecule has 2 rings (SSSR count). The smallest absolute Gasteiger partial charge is 0.338 e. The van der Waals surface area contributed by atoms with Crippen LogP contribution >= 0.6 is 22.9 Å². The predicted molar refractivity (Wildman–Crippen MR) is 93.8 cm³/mol. The van der Waals surface area contributed by atoms with Crippen LogP contribution in [0.5, 0.6) is 0 Å². The van der Waals surface area contributed by atoms with Crippen LogP contribution in [0.2, 0.25) is 0 Å². The van der Waals surface area contributed by atoms with E-state index in [4.69, 9.17) is 16.3 Å². The van der Waals surface area contributed by atoms with Crippen molar-refractivity contribution >= 4 is 34.7 Å². The van der Waals surface area contributed by atoms with Crippen molar-refractivity contribution in [2.75, 3.05) is 13.0 Å². The minimum Gasteiger partial charge on any atom is -0.465 e. The zero-order valence-corrected chi connectivity index (χ0v) is 14.6. The van der Waals surface area contributed by atoms with Crippen molar-refractivity contribution in [2.24, 2.45) is 0 Å². The maximum absolute atomic E-state index is 12.7. The molecule has 0 unspecified atom stereocenters. The van der Waals surface area contributed by atoms with Gasteiger partial charge in [-0.3, -0.25) is 4.79 Å². The molecule has 0 atom stereocenters. The summed E-state index contributed by atoms with van der Waals surface area (Å²) in [5.41, 5.74) is 0.687. The zero-order chi connectivity index (χ0) is 16.7. The second kappa shape index (κ2) is 8.85. The van der Waals surface area contributed by atoms with E-state index in [1.807, 2.05) is 12.1 Å². The Hall–Kier alpha value is -1.65. The average Bonchev–Trinajstić information content (AvgIpc) is 3.06. The number of hydrogen-bond acceptors (Lipinski definition) is 4. The van der Waals surface area contributed by atoms with Gasteiger partial charge in [0.05, 0.1) is 17.6 Å². The van der Waals surface area contributed by atoms with Gasteiger partial charge in [0.2, 0.25) is 5.78 Å². The average molecular weight is 351 g/mol. The first-order chi connectivity index (χ1) is 11.2. The molecule has 1 heterocycles. The van der Waals surface area contributed by atoms with E-state index in [9.17, 15) is 9.59 Å². The summed E-state index contributed by atoms with van der Waals surface area (Å²) in [6, 6.07) is 10.6. The first kappa shape index (κ1) is 17.7. The van der Waals surface area contributed by atoms with Crippen molar-refractivity contribution < 1.29 is 14.3 Å². The molecule has 0 amide bonds. The summed E-state index contributed by atoms with van der Waals surface area (Å²) in [5.74, 6) is 0.0631. The molecule has 5 heteroatoms. The lowest BCUT2D eigenvalue weighted by atomic mass is 10.0. The molecule has 2 aromatic rings. The van der Waals surface area contributed by atoms with Crippen molar-refractivity contribution in [1.82, 2.24) is 0 Å². The van der Waals surface area contributed by atoms with E-state index in [1.54, 1.807) is 24.3 Å². The van der Waals surface area contributed by atoms with Gasteiger partial charge in [0.1, 0.15) is 0 Å². The summed E-state index contributed by atoms with van der Waals surface area (Å²) in [4.78, 5) is 26.3. The van der Waals surface area contributed by atoms with Gasteiger partial charge in [-0.1, -0.05) is 24.6 Å². The van der Waals surface area contributed by atoms with Crippen LogP contribution in [0.25, 0.3) is 0 Å². The first-order valence-corrected chi connectivity index (χ1v) is 8.89. The predicted octanol–water partition coefficient (Wildman–Crippen LogP) is 4.72. The molecule has 0 N–H and O–H groups in total. The summed E-state index contributed by atoms with van der Waals surface area (Å²) in [6.45, 7) is 0. The normalized spacial score (nSPS) is 10.5. The highest BCUT2D eigenvalue weighted by atomic mass is 35.5. The number of benzene rings is 1. The van der Waals surface area contributed by atoms with Crippen LogP contribution < -0.4 is 0 Å². The van der Waals surface area contributed by atoms with Gasteiger partial charge in [-0.2, -0.15) is 0 Å². The van der Waals surface area contributed by atoms with E-state index in [0.29, 0.717) is 21.9 Å². The van der Waals surface area contributed by atoms with Gasteiger partial charge in [-0.15, -0.1) is 22.9 Å². The van der Waals surface area contributed by atoms with Crippen LogP contribution in [0.3, 0.4) is 0 Å². The number of methoxy groups -OCH3 is 1. The number of hydrogen-bond donors (Lipinski definition) is 0. The van der Waals surface area contributed by atoms with Crippen molar-refractivity contribution in [3.05, 3.63) is 57.3 Å². The third-order valence-corrected chi connectivity index (χ3v) is 4.93. The lowest BCUT2D eigenvalue weighted by Crippen LogP contribution is -2.10. The molecule has 122 valence electrons. The largest absolute Gasteiger partial charge is 0.465 e. The van der Waals surface area contributed by atoms with Crippen molar-refractivity contribution in [2.45, 2.75) is 25.7 Å². The second-order valence-electron chi connectivity index (χ2n) is 5.13. The second-order valence-corrected chi connectivity index (χ2v) is 6.68. The van der Waals surface area contributed by atoms with Crippen LogP contribution in [0.4, 0.5) is 0 Å². The molecule has 0 saturated carbocycles. The number of halogens is 1. The highest BCUT2D eigenvalue weighted by molar-refractivity contribution is 7.14. The fraction of sp³-hybridized carbons (Fsp3) is 0.333. The molecule has 1 aromatic heterocycles. The number of esters is 1. The van der Waals surface area contributed by atoms with Crippen LogP contribution in [0.15, 0.2) is 36.4 Å². The van der Waals surface area contributed by atoms with Gasteiger partial charge in [-0.05, 0) is 37.5 Å². The lowest BCUT2D eigenvalue weighted by molar-refractivity contribution is 0.0597. The Morgan fingerprint density at radius 3 is 2.48 bits per heavy atom. The van der Waals surface area contributed by atoms with Gasteiger partial charge in [-0.25, -0.2) is 4.79 Å². The SMILES string of the molecule is COC(=O)c1ccccc1C(=O)c1ccc(CCCCCCl)s1. The van der Waals surface area contributed by atoms with Crippen LogP contribution in [-0.4, -0.2) is 24.7 Å². The third kappa shape index (κ3) is 4.66. The number of carbonyl (C=O) groups excluding carboxylic acids is 2. The van der Waals surface area contributed by atoms with Crippen LogP contribution in [-0.2, 0) is 11.2 Å². The van der Waals surface area contributed by atoms with E-state index in [1.165, 1.54) is 23.3 Å². The van der Waals surface area contributed by atoms with Crippen LogP contribution in [0.1, 0.15) is 49.7 Å². The molecule has 0 aliphatic carbocycles. The summed E-state index contributed by atoms with van der Waals surface area (Å²) in [5, 5.41) is 0.